The van der Waals surface area contributed by atoms with Crippen LogP contribution in [0.1, 0.15) is 168 Å². The van der Waals surface area contributed by atoms with Crippen molar-refractivity contribution in [3.8, 4) is 0 Å². The summed E-state index contributed by atoms with van der Waals surface area (Å²) in [4.78, 5) is 45.8. The van der Waals surface area contributed by atoms with Crippen molar-refractivity contribution in [3.63, 3.8) is 0 Å². The summed E-state index contributed by atoms with van der Waals surface area (Å²) in [6, 6.07) is -1.53. The van der Waals surface area contributed by atoms with Crippen LogP contribution in [-0.2, 0) is 37.5 Å². The highest BCUT2D eigenvalue weighted by Crippen LogP contribution is 2.43. The number of esters is 2. The fourth-order valence-corrected chi connectivity index (χ4v) is 6.02. The summed E-state index contributed by atoms with van der Waals surface area (Å²) in [5.41, 5.74) is 5.32. The third-order valence-corrected chi connectivity index (χ3v) is 9.50. The Morgan fingerprint density at radius 1 is 0.574 bits per heavy atom. The largest absolute Gasteiger partial charge is 0.480 e. The highest BCUT2D eigenvalue weighted by molar-refractivity contribution is 7.47. The van der Waals surface area contributed by atoms with Crippen LogP contribution in [0.25, 0.3) is 0 Å². The van der Waals surface area contributed by atoms with Crippen molar-refractivity contribution in [2.24, 2.45) is 5.73 Å². The van der Waals surface area contributed by atoms with Gasteiger partial charge in [0.25, 0.3) is 0 Å². The molecule has 0 radical (unpaired) electrons. The number of phosphoric ester groups is 1. The first-order valence-corrected chi connectivity index (χ1v) is 22.2. The molecule has 11 nitrogen and oxygen atoms in total. The molecule has 0 spiro atoms. The third-order valence-electron chi connectivity index (χ3n) is 8.55. The van der Waals surface area contributed by atoms with Crippen molar-refractivity contribution in [1.82, 2.24) is 0 Å². The van der Waals surface area contributed by atoms with Gasteiger partial charge >= 0.3 is 25.7 Å². The van der Waals surface area contributed by atoms with E-state index in [1.807, 2.05) is 0 Å². The molecule has 3 atom stereocenters. The standard InChI is InChI=1S/C42H74NO10P/c1-3-5-7-9-11-13-15-17-19-21-23-25-27-29-31-33-40(44)50-35-38(36-51-54(48,49)52-37-39(43)42(46)47)53-41(45)34-32-30-28-26-24-22-20-18-16-14-12-10-8-6-4-2/h11,13-14,16-17,19,23,25,38-39H,3-10,12,15,18,20-22,24,26-37,43H2,1-2H3,(H,46,47)(H,48,49)/b13-11-,16-14-,19-17-,25-23-/t38-,39+/m1/s1. The normalized spacial score (nSPS) is 14.3. The molecule has 0 aromatic heterocycles. The Bertz CT molecular complexity index is 1110. The van der Waals surface area contributed by atoms with Gasteiger partial charge in [-0.2, -0.15) is 0 Å². The number of nitrogens with two attached hydrogens (primary N) is 1. The summed E-state index contributed by atoms with van der Waals surface area (Å²) in [6.07, 6.45) is 40.3. The molecule has 0 heterocycles. The number of unbranched alkanes of at least 4 members (excludes halogenated alkanes) is 16. The Balaban J connectivity index is 4.47. The number of hydrogen-bond acceptors (Lipinski definition) is 9. The monoisotopic (exact) mass is 784 g/mol. The Labute approximate surface area is 326 Å². The molecule has 0 aromatic carbocycles. The molecule has 4 N–H and O–H groups in total. The van der Waals surface area contributed by atoms with E-state index >= 15 is 0 Å². The van der Waals surface area contributed by atoms with E-state index in [0.717, 1.165) is 64.2 Å². The molecule has 1 unspecified atom stereocenters. The molecule has 0 aliphatic carbocycles. The number of carbonyl (C=O) groups is 3. The fraction of sp³-hybridized carbons (Fsp3) is 0.738. The van der Waals surface area contributed by atoms with E-state index in [2.05, 4.69) is 67.0 Å². The van der Waals surface area contributed by atoms with Crippen LogP contribution in [0.15, 0.2) is 48.6 Å². The second kappa shape index (κ2) is 37.4. The van der Waals surface area contributed by atoms with Crippen LogP contribution >= 0.6 is 7.82 Å². The fourth-order valence-electron chi connectivity index (χ4n) is 5.24. The van der Waals surface area contributed by atoms with E-state index in [-0.39, 0.29) is 19.4 Å². The number of aliphatic carboxylic acids is 1. The quantitative estimate of drug-likeness (QED) is 0.0235. The van der Waals surface area contributed by atoms with E-state index in [1.165, 1.54) is 64.2 Å². The number of carboxylic acids is 1. The number of hydrogen-bond donors (Lipinski definition) is 3. The van der Waals surface area contributed by atoms with Gasteiger partial charge in [-0.3, -0.25) is 23.4 Å². The maximum absolute atomic E-state index is 12.6. The Hall–Kier alpha value is -2.56. The average Bonchev–Trinajstić information content (AvgIpc) is 3.14. The minimum atomic E-state index is -4.72. The van der Waals surface area contributed by atoms with E-state index in [0.29, 0.717) is 12.8 Å². The SMILES string of the molecule is CCCCC/C=C\C/C=C\C/C=C\CCCCC(=O)OC[C@H](COP(=O)(O)OC[C@H](N)C(=O)O)OC(=O)CCCCCCCCC/C=C\CCCCCC. The number of allylic oxidation sites excluding steroid dienone is 8. The van der Waals surface area contributed by atoms with Gasteiger partial charge in [0.1, 0.15) is 12.6 Å². The van der Waals surface area contributed by atoms with E-state index < -0.39 is 51.1 Å². The van der Waals surface area contributed by atoms with Crippen molar-refractivity contribution in [2.75, 3.05) is 19.8 Å². The predicted octanol–water partition coefficient (Wildman–Crippen LogP) is 10.6. The van der Waals surface area contributed by atoms with Crippen LogP contribution in [0.4, 0.5) is 0 Å². The second-order valence-corrected chi connectivity index (χ2v) is 15.2. The van der Waals surface area contributed by atoms with E-state index in [9.17, 15) is 23.8 Å². The van der Waals surface area contributed by atoms with Crippen LogP contribution in [0.3, 0.4) is 0 Å². The van der Waals surface area contributed by atoms with Gasteiger partial charge in [0.2, 0.25) is 0 Å². The molecule has 0 fully saturated rings. The molecule has 0 rings (SSSR count). The minimum Gasteiger partial charge on any atom is -0.480 e. The molecule has 312 valence electrons. The van der Waals surface area contributed by atoms with Gasteiger partial charge < -0.3 is 25.2 Å². The van der Waals surface area contributed by atoms with Gasteiger partial charge in [-0.25, -0.2) is 4.57 Å². The number of rotatable bonds is 38. The van der Waals surface area contributed by atoms with Crippen molar-refractivity contribution < 1.29 is 47.5 Å². The van der Waals surface area contributed by atoms with Gasteiger partial charge in [-0.1, -0.05) is 127 Å². The van der Waals surface area contributed by atoms with Crippen LogP contribution in [0, 0.1) is 0 Å². The van der Waals surface area contributed by atoms with Crippen molar-refractivity contribution >= 4 is 25.7 Å². The van der Waals surface area contributed by atoms with Gasteiger partial charge in [0.05, 0.1) is 13.2 Å². The average molecular weight is 784 g/mol. The van der Waals surface area contributed by atoms with Crippen molar-refractivity contribution in [1.29, 1.82) is 0 Å². The lowest BCUT2D eigenvalue weighted by molar-refractivity contribution is -0.161. The van der Waals surface area contributed by atoms with Crippen LogP contribution in [-0.4, -0.2) is 59.9 Å². The molecule has 54 heavy (non-hydrogen) atoms. The molecule has 0 saturated carbocycles. The summed E-state index contributed by atoms with van der Waals surface area (Å²) < 4.78 is 32.6. The first kappa shape index (κ1) is 51.4. The molecule has 0 saturated heterocycles. The highest BCUT2D eigenvalue weighted by Gasteiger charge is 2.28. The summed E-state index contributed by atoms with van der Waals surface area (Å²) in [6.45, 7) is 2.70. The lowest BCUT2D eigenvalue weighted by Gasteiger charge is -2.20. The smallest absolute Gasteiger partial charge is 0.472 e. The lowest BCUT2D eigenvalue weighted by atomic mass is 10.1. The molecular weight excluding hydrogens is 709 g/mol. The van der Waals surface area contributed by atoms with Crippen molar-refractivity contribution in [2.45, 2.75) is 180 Å². The Morgan fingerprint density at radius 3 is 1.56 bits per heavy atom. The minimum absolute atomic E-state index is 0.147. The van der Waals surface area contributed by atoms with Crippen LogP contribution in [0.2, 0.25) is 0 Å². The van der Waals surface area contributed by atoms with Crippen LogP contribution < -0.4 is 5.73 Å². The number of carboxylic acid groups (broad SMARTS) is 1. The first-order valence-electron chi connectivity index (χ1n) is 20.7. The van der Waals surface area contributed by atoms with Gasteiger partial charge in [0, 0.05) is 12.8 Å². The summed E-state index contributed by atoms with van der Waals surface area (Å²) >= 11 is 0. The molecule has 0 aliphatic rings. The van der Waals surface area contributed by atoms with Crippen molar-refractivity contribution in [3.05, 3.63) is 48.6 Å². The molecule has 0 aromatic rings. The number of phosphoric acid groups is 1. The lowest BCUT2D eigenvalue weighted by Crippen LogP contribution is -2.34. The molecular formula is C42H74NO10P. The topological polar surface area (TPSA) is 172 Å². The first-order chi connectivity index (χ1) is 26.1. The summed E-state index contributed by atoms with van der Waals surface area (Å²) in [5.74, 6) is -2.44. The zero-order valence-electron chi connectivity index (χ0n) is 33.6. The zero-order chi connectivity index (χ0) is 40.0. The highest BCUT2D eigenvalue weighted by atomic mass is 31.2. The zero-order valence-corrected chi connectivity index (χ0v) is 34.4. The van der Waals surface area contributed by atoms with Gasteiger partial charge in [-0.15, -0.1) is 0 Å². The van der Waals surface area contributed by atoms with Crippen LogP contribution in [0.5, 0.6) is 0 Å². The molecule has 12 heteroatoms. The Kier molecular flexibility index (Phi) is 35.6. The maximum atomic E-state index is 12.6. The predicted molar refractivity (Wildman–Crippen MR) is 217 cm³/mol. The number of ether oxygens (including phenoxy) is 2. The number of carbonyl (C=O) groups excluding carboxylic acids is 2. The third kappa shape index (κ3) is 36.4. The van der Waals surface area contributed by atoms with Gasteiger partial charge in [-0.05, 0) is 77.0 Å². The Morgan fingerprint density at radius 2 is 0.981 bits per heavy atom. The molecule has 0 aliphatic heterocycles. The van der Waals surface area contributed by atoms with Gasteiger partial charge in [0.15, 0.2) is 6.10 Å². The second-order valence-electron chi connectivity index (χ2n) is 13.8. The summed E-state index contributed by atoms with van der Waals surface area (Å²) in [5, 5.41) is 8.87. The maximum Gasteiger partial charge on any atom is 0.472 e. The molecule has 0 amide bonds. The summed E-state index contributed by atoms with van der Waals surface area (Å²) in [7, 11) is -4.72. The van der Waals surface area contributed by atoms with E-state index in [4.69, 9.17) is 24.8 Å². The van der Waals surface area contributed by atoms with E-state index in [1.54, 1.807) is 0 Å². The molecule has 0 bridgehead atoms.